The Hall–Kier alpha value is -4.39. The zero-order valence-electron chi connectivity index (χ0n) is 19.8. The number of para-hydroxylation sites is 2. The predicted molar refractivity (Wildman–Crippen MR) is 139 cm³/mol. The summed E-state index contributed by atoms with van der Waals surface area (Å²) < 4.78 is 5.32. The van der Waals surface area contributed by atoms with Crippen LogP contribution in [0, 0.1) is 0 Å². The third-order valence-corrected chi connectivity index (χ3v) is 6.03. The lowest BCUT2D eigenvalue weighted by Crippen LogP contribution is -2.41. The largest absolute Gasteiger partial charge is 0.497 e. The van der Waals surface area contributed by atoms with Crippen molar-refractivity contribution in [3.05, 3.63) is 96.7 Å². The van der Waals surface area contributed by atoms with Gasteiger partial charge in [-0.1, -0.05) is 43.3 Å². The average molecular weight is 466 g/mol. The summed E-state index contributed by atoms with van der Waals surface area (Å²) in [4.78, 5) is 28.5. The van der Waals surface area contributed by atoms with Gasteiger partial charge in [-0.05, 0) is 48.5 Å². The number of benzene rings is 3. The number of hydrogen-bond donors (Lipinski definition) is 0. The van der Waals surface area contributed by atoms with E-state index in [2.05, 4.69) is 39.0 Å². The summed E-state index contributed by atoms with van der Waals surface area (Å²) in [5, 5.41) is 0. The fourth-order valence-electron chi connectivity index (χ4n) is 4.22. The summed E-state index contributed by atoms with van der Waals surface area (Å²) in [6.07, 6.45) is 2.19. The molecule has 0 aliphatic carbocycles. The molecule has 1 aliphatic heterocycles. The first-order valence-corrected chi connectivity index (χ1v) is 11.6. The molecule has 1 aliphatic rings. The molecule has 0 unspecified atom stereocenters. The van der Waals surface area contributed by atoms with Crippen LogP contribution in [0.1, 0.15) is 18.9 Å². The lowest BCUT2D eigenvalue weighted by molar-refractivity contribution is -0.117. The maximum Gasteiger partial charge on any atom is 0.238 e. The minimum atomic E-state index is -0.0573. The third-order valence-electron chi connectivity index (χ3n) is 6.03. The highest BCUT2D eigenvalue weighted by atomic mass is 16.5. The molecular formula is C28H27N5O2. The van der Waals surface area contributed by atoms with E-state index in [0.717, 1.165) is 34.2 Å². The summed E-state index contributed by atoms with van der Waals surface area (Å²) in [5.41, 5.74) is 3.83. The van der Waals surface area contributed by atoms with Crippen LogP contribution in [0.3, 0.4) is 0 Å². The Kier molecular flexibility index (Phi) is 6.30. The van der Waals surface area contributed by atoms with Gasteiger partial charge in [0, 0.05) is 36.1 Å². The topological polar surface area (TPSA) is 61.8 Å². The molecule has 0 atom stereocenters. The molecule has 3 aromatic carbocycles. The quantitative estimate of drug-likeness (QED) is 0.365. The van der Waals surface area contributed by atoms with Crippen molar-refractivity contribution in [1.29, 1.82) is 0 Å². The second-order valence-corrected chi connectivity index (χ2v) is 8.24. The standard InChI is InChI=1S/C28H27N5O2/c1-3-26(34)33(24-12-8-5-9-13-24)28-29-18-21-19-31(22-14-16-25(35-2)17-15-22)20-32(27(21)30-28)23-10-6-4-7-11-23/h4-18H,3,19-20H2,1-2H3. The molecule has 2 heterocycles. The van der Waals surface area contributed by atoms with Gasteiger partial charge in [-0.2, -0.15) is 4.98 Å². The van der Waals surface area contributed by atoms with E-state index in [0.29, 0.717) is 25.6 Å². The highest BCUT2D eigenvalue weighted by Crippen LogP contribution is 2.36. The van der Waals surface area contributed by atoms with Crippen molar-refractivity contribution in [2.45, 2.75) is 19.9 Å². The highest BCUT2D eigenvalue weighted by Gasteiger charge is 2.28. The van der Waals surface area contributed by atoms with Gasteiger partial charge >= 0.3 is 0 Å². The van der Waals surface area contributed by atoms with Crippen LogP contribution < -0.4 is 19.4 Å². The number of carbonyl (C=O) groups excluding carboxylic acids is 1. The van der Waals surface area contributed by atoms with Crippen LogP contribution in [-0.2, 0) is 11.3 Å². The van der Waals surface area contributed by atoms with Crippen molar-refractivity contribution in [3.63, 3.8) is 0 Å². The zero-order chi connectivity index (χ0) is 24.2. The number of hydrogen-bond acceptors (Lipinski definition) is 6. The van der Waals surface area contributed by atoms with Crippen LogP contribution >= 0.6 is 0 Å². The van der Waals surface area contributed by atoms with Gasteiger partial charge in [-0.25, -0.2) is 9.88 Å². The van der Waals surface area contributed by atoms with E-state index in [9.17, 15) is 4.79 Å². The second kappa shape index (κ2) is 9.85. The predicted octanol–water partition coefficient (Wildman–Crippen LogP) is 5.68. The Labute approximate surface area is 205 Å². The van der Waals surface area contributed by atoms with Gasteiger partial charge in [-0.3, -0.25) is 4.79 Å². The molecule has 5 rings (SSSR count). The molecule has 0 bridgehead atoms. The highest BCUT2D eigenvalue weighted by molar-refractivity contribution is 5.98. The number of nitrogens with zero attached hydrogens (tertiary/aromatic N) is 5. The smallest absolute Gasteiger partial charge is 0.238 e. The van der Waals surface area contributed by atoms with Gasteiger partial charge in [-0.15, -0.1) is 0 Å². The molecule has 1 amide bonds. The lowest BCUT2D eigenvalue weighted by Gasteiger charge is -2.39. The number of methoxy groups -OCH3 is 1. The first kappa shape index (κ1) is 22.4. The maximum absolute atomic E-state index is 12.9. The Morgan fingerprint density at radius 1 is 0.943 bits per heavy atom. The molecule has 7 heteroatoms. The lowest BCUT2D eigenvalue weighted by atomic mass is 10.1. The molecule has 4 aromatic rings. The van der Waals surface area contributed by atoms with Crippen molar-refractivity contribution in [2.75, 3.05) is 28.5 Å². The van der Waals surface area contributed by atoms with Crippen LogP contribution in [0.4, 0.5) is 28.8 Å². The summed E-state index contributed by atoms with van der Waals surface area (Å²) >= 11 is 0. The van der Waals surface area contributed by atoms with E-state index in [1.165, 1.54) is 0 Å². The molecule has 0 saturated carbocycles. The minimum Gasteiger partial charge on any atom is -0.497 e. The first-order valence-electron chi connectivity index (χ1n) is 11.6. The summed E-state index contributed by atoms with van der Waals surface area (Å²) in [6.45, 7) is 3.10. The van der Waals surface area contributed by atoms with Crippen molar-refractivity contribution in [3.8, 4) is 5.75 Å². The Morgan fingerprint density at radius 2 is 1.63 bits per heavy atom. The fraction of sp³-hybridized carbons (Fsp3) is 0.179. The normalized spacial score (nSPS) is 12.7. The number of anilines is 5. The molecule has 0 N–H and O–H groups in total. The number of carbonyl (C=O) groups is 1. The maximum atomic E-state index is 12.9. The third kappa shape index (κ3) is 4.53. The Morgan fingerprint density at radius 3 is 2.29 bits per heavy atom. The van der Waals surface area contributed by atoms with Crippen molar-refractivity contribution in [2.24, 2.45) is 0 Å². The molecule has 0 saturated heterocycles. The SMILES string of the molecule is CCC(=O)N(c1ccccc1)c1ncc2c(n1)N(c1ccccc1)CN(c1ccc(OC)cc1)C2. The zero-order valence-corrected chi connectivity index (χ0v) is 19.8. The molecule has 0 fully saturated rings. The van der Waals surface area contributed by atoms with Gasteiger partial charge in [0.2, 0.25) is 11.9 Å². The van der Waals surface area contributed by atoms with E-state index in [1.54, 1.807) is 12.0 Å². The van der Waals surface area contributed by atoms with Crippen molar-refractivity contribution < 1.29 is 9.53 Å². The minimum absolute atomic E-state index is 0.0573. The van der Waals surface area contributed by atoms with E-state index in [4.69, 9.17) is 9.72 Å². The Balaban J connectivity index is 1.58. The summed E-state index contributed by atoms with van der Waals surface area (Å²) in [6, 6.07) is 27.7. The molecular weight excluding hydrogens is 438 g/mol. The van der Waals surface area contributed by atoms with E-state index in [-0.39, 0.29) is 5.91 Å². The monoisotopic (exact) mass is 465 g/mol. The van der Waals surface area contributed by atoms with Crippen molar-refractivity contribution in [1.82, 2.24) is 9.97 Å². The Bertz CT molecular complexity index is 1300. The number of aromatic nitrogens is 2. The van der Waals surface area contributed by atoms with Crippen molar-refractivity contribution >= 4 is 34.7 Å². The second-order valence-electron chi connectivity index (χ2n) is 8.24. The molecule has 0 radical (unpaired) electrons. The van der Waals surface area contributed by atoms with Crippen LogP contribution in [0.5, 0.6) is 5.75 Å². The van der Waals surface area contributed by atoms with Crippen LogP contribution in [0.25, 0.3) is 0 Å². The van der Waals surface area contributed by atoms with Gasteiger partial charge < -0.3 is 14.5 Å². The average Bonchev–Trinajstić information content (AvgIpc) is 2.93. The van der Waals surface area contributed by atoms with Gasteiger partial charge in [0.1, 0.15) is 11.6 Å². The first-order chi connectivity index (χ1) is 17.2. The molecule has 1 aromatic heterocycles. The fourth-order valence-corrected chi connectivity index (χ4v) is 4.22. The molecule has 0 spiro atoms. The summed E-state index contributed by atoms with van der Waals surface area (Å²) in [5.74, 6) is 1.94. The number of fused-ring (bicyclic) bond motifs is 1. The van der Waals surface area contributed by atoms with Crippen LogP contribution in [0.15, 0.2) is 91.1 Å². The molecule has 176 valence electrons. The number of amides is 1. The van der Waals surface area contributed by atoms with Gasteiger partial charge in [0.05, 0.1) is 19.5 Å². The van der Waals surface area contributed by atoms with E-state index in [1.807, 2.05) is 73.8 Å². The number of ether oxygens (including phenoxy) is 1. The van der Waals surface area contributed by atoms with E-state index >= 15 is 0 Å². The number of rotatable bonds is 6. The molecule has 35 heavy (non-hydrogen) atoms. The summed E-state index contributed by atoms with van der Waals surface area (Å²) in [7, 11) is 1.67. The molecule has 7 nitrogen and oxygen atoms in total. The van der Waals surface area contributed by atoms with Gasteiger partial charge in [0.25, 0.3) is 0 Å². The van der Waals surface area contributed by atoms with Crippen LogP contribution in [0.2, 0.25) is 0 Å². The van der Waals surface area contributed by atoms with Gasteiger partial charge in [0.15, 0.2) is 0 Å². The van der Waals surface area contributed by atoms with E-state index < -0.39 is 0 Å². The van der Waals surface area contributed by atoms with Crippen LogP contribution in [-0.4, -0.2) is 29.7 Å².